The summed E-state index contributed by atoms with van der Waals surface area (Å²) < 4.78 is 52.2. The van der Waals surface area contributed by atoms with Crippen LogP contribution in [0.5, 0.6) is 0 Å². The van der Waals surface area contributed by atoms with Crippen LogP contribution in [0.2, 0.25) is 0 Å². The molecule has 0 amide bonds. The van der Waals surface area contributed by atoms with Crippen LogP contribution in [-0.2, 0) is 6.42 Å². The molecule has 1 atom stereocenters. The van der Waals surface area contributed by atoms with Gasteiger partial charge in [-0.2, -0.15) is 0 Å². The smallest absolute Gasteiger partial charge is 0.248 e. The summed E-state index contributed by atoms with van der Waals surface area (Å²) in [6.45, 7) is 0. The lowest BCUT2D eigenvalue weighted by Crippen LogP contribution is -2.37. The Morgan fingerprint density at radius 2 is 1.63 bits per heavy atom. The highest BCUT2D eigenvalue weighted by Gasteiger charge is 2.36. The molecule has 0 saturated heterocycles. The zero-order valence-corrected chi connectivity index (χ0v) is 10.5. The van der Waals surface area contributed by atoms with Crippen molar-refractivity contribution in [3.8, 4) is 0 Å². The van der Waals surface area contributed by atoms with Crippen molar-refractivity contribution >= 4 is 0 Å². The number of hydrogen-bond donors (Lipinski definition) is 1. The second kappa shape index (κ2) is 5.49. The SMILES string of the molecule is NC(Cc1cc(F)cc(F)c1)C1CCC(F)(F)CC1. The maximum absolute atomic E-state index is 13.0. The zero-order chi connectivity index (χ0) is 14.0. The zero-order valence-electron chi connectivity index (χ0n) is 10.5. The fourth-order valence-corrected chi connectivity index (χ4v) is 2.66. The Morgan fingerprint density at radius 3 is 2.16 bits per heavy atom. The third kappa shape index (κ3) is 3.93. The van der Waals surface area contributed by atoms with E-state index in [0.29, 0.717) is 24.8 Å². The second-order valence-corrected chi connectivity index (χ2v) is 5.34. The molecule has 0 aliphatic heterocycles. The van der Waals surface area contributed by atoms with Gasteiger partial charge < -0.3 is 5.73 Å². The Bertz CT molecular complexity index is 417. The summed E-state index contributed by atoms with van der Waals surface area (Å²) in [7, 11) is 0. The fraction of sp³-hybridized carbons (Fsp3) is 0.571. The van der Waals surface area contributed by atoms with Gasteiger partial charge in [-0.15, -0.1) is 0 Å². The molecule has 1 fully saturated rings. The number of benzene rings is 1. The van der Waals surface area contributed by atoms with Gasteiger partial charge in [0.2, 0.25) is 5.92 Å². The molecule has 2 N–H and O–H groups in total. The lowest BCUT2D eigenvalue weighted by atomic mass is 9.80. The first-order valence-electron chi connectivity index (χ1n) is 6.44. The lowest BCUT2D eigenvalue weighted by molar-refractivity contribution is -0.0481. The predicted molar refractivity (Wildman–Crippen MR) is 64.9 cm³/mol. The van der Waals surface area contributed by atoms with E-state index < -0.39 is 17.6 Å². The molecule has 1 aromatic rings. The molecule has 1 aliphatic carbocycles. The maximum Gasteiger partial charge on any atom is 0.248 e. The number of alkyl halides is 2. The quantitative estimate of drug-likeness (QED) is 0.837. The maximum atomic E-state index is 13.0. The standard InChI is InChI=1S/C14H17F4N/c15-11-5-9(6-12(16)8-11)7-13(19)10-1-3-14(17,18)4-2-10/h5-6,8,10,13H,1-4,7,19H2. The van der Waals surface area contributed by atoms with Crippen molar-refractivity contribution in [3.63, 3.8) is 0 Å². The molecule has 19 heavy (non-hydrogen) atoms. The minimum Gasteiger partial charge on any atom is -0.327 e. The Hall–Kier alpha value is -1.10. The third-order valence-electron chi connectivity index (χ3n) is 3.76. The van der Waals surface area contributed by atoms with Gasteiger partial charge in [0, 0.05) is 24.9 Å². The van der Waals surface area contributed by atoms with E-state index in [4.69, 9.17) is 5.73 Å². The molecule has 2 rings (SSSR count). The predicted octanol–water partition coefficient (Wildman–Crippen LogP) is 3.66. The Morgan fingerprint density at radius 1 is 1.11 bits per heavy atom. The average molecular weight is 275 g/mol. The van der Waals surface area contributed by atoms with Gasteiger partial charge in [0.15, 0.2) is 0 Å². The molecule has 5 heteroatoms. The molecule has 106 valence electrons. The summed E-state index contributed by atoms with van der Waals surface area (Å²) in [5, 5.41) is 0. The van der Waals surface area contributed by atoms with E-state index in [9.17, 15) is 17.6 Å². The van der Waals surface area contributed by atoms with Crippen LogP contribution < -0.4 is 5.73 Å². The highest BCUT2D eigenvalue weighted by Crippen LogP contribution is 2.37. The average Bonchev–Trinajstić information content (AvgIpc) is 2.26. The van der Waals surface area contributed by atoms with Crippen LogP contribution in [-0.4, -0.2) is 12.0 Å². The normalized spacial score (nSPS) is 21.3. The summed E-state index contributed by atoms with van der Waals surface area (Å²) in [4.78, 5) is 0. The molecule has 1 saturated carbocycles. The van der Waals surface area contributed by atoms with Gasteiger partial charge in [-0.25, -0.2) is 17.6 Å². The van der Waals surface area contributed by atoms with Gasteiger partial charge >= 0.3 is 0 Å². The largest absolute Gasteiger partial charge is 0.327 e. The first-order valence-corrected chi connectivity index (χ1v) is 6.44. The summed E-state index contributed by atoms with van der Waals surface area (Å²) in [5.41, 5.74) is 6.45. The van der Waals surface area contributed by atoms with Crippen LogP contribution >= 0.6 is 0 Å². The molecule has 0 radical (unpaired) electrons. The third-order valence-corrected chi connectivity index (χ3v) is 3.76. The van der Waals surface area contributed by atoms with Gasteiger partial charge in [0.05, 0.1) is 0 Å². The number of hydrogen-bond acceptors (Lipinski definition) is 1. The molecule has 0 aromatic heterocycles. The van der Waals surface area contributed by atoms with E-state index in [2.05, 4.69) is 0 Å². The molecular weight excluding hydrogens is 258 g/mol. The molecule has 0 heterocycles. The summed E-state index contributed by atoms with van der Waals surface area (Å²) in [6, 6.07) is 2.94. The minimum atomic E-state index is -2.58. The van der Waals surface area contributed by atoms with Gasteiger partial charge in [-0.3, -0.25) is 0 Å². The molecular formula is C14H17F4N. The summed E-state index contributed by atoms with van der Waals surface area (Å²) in [6.07, 6.45) is 0.745. The molecule has 1 aliphatic rings. The highest BCUT2D eigenvalue weighted by atomic mass is 19.3. The van der Waals surface area contributed by atoms with Crippen molar-refractivity contribution in [2.75, 3.05) is 0 Å². The summed E-state index contributed by atoms with van der Waals surface area (Å²) >= 11 is 0. The van der Waals surface area contributed by atoms with E-state index in [0.717, 1.165) is 6.07 Å². The summed E-state index contributed by atoms with van der Waals surface area (Å²) in [5.74, 6) is -3.87. The van der Waals surface area contributed by atoms with E-state index in [-0.39, 0.29) is 24.8 Å². The molecule has 0 spiro atoms. The van der Waals surface area contributed by atoms with E-state index in [1.165, 1.54) is 12.1 Å². The first kappa shape index (κ1) is 14.3. The number of nitrogens with two attached hydrogens (primary N) is 1. The monoisotopic (exact) mass is 275 g/mol. The van der Waals surface area contributed by atoms with Crippen LogP contribution in [0.15, 0.2) is 18.2 Å². The van der Waals surface area contributed by atoms with Crippen LogP contribution in [0, 0.1) is 17.6 Å². The van der Waals surface area contributed by atoms with E-state index in [1.54, 1.807) is 0 Å². The van der Waals surface area contributed by atoms with Crippen LogP contribution in [0.1, 0.15) is 31.2 Å². The number of halogens is 4. The lowest BCUT2D eigenvalue weighted by Gasteiger charge is -2.32. The van der Waals surface area contributed by atoms with Crippen molar-refractivity contribution in [2.24, 2.45) is 11.7 Å². The van der Waals surface area contributed by atoms with E-state index in [1.807, 2.05) is 0 Å². The Kier molecular flexibility index (Phi) is 4.13. The second-order valence-electron chi connectivity index (χ2n) is 5.34. The van der Waals surface area contributed by atoms with Crippen molar-refractivity contribution in [2.45, 2.75) is 44.1 Å². The van der Waals surface area contributed by atoms with Crippen molar-refractivity contribution in [1.82, 2.24) is 0 Å². The van der Waals surface area contributed by atoms with Crippen LogP contribution in [0.3, 0.4) is 0 Å². The van der Waals surface area contributed by atoms with Crippen molar-refractivity contribution in [3.05, 3.63) is 35.4 Å². The Labute approximate surface area is 109 Å². The first-order chi connectivity index (χ1) is 8.85. The Balaban J connectivity index is 1.96. The highest BCUT2D eigenvalue weighted by molar-refractivity contribution is 5.19. The molecule has 0 bridgehead atoms. The van der Waals surface area contributed by atoms with Crippen molar-refractivity contribution in [1.29, 1.82) is 0 Å². The van der Waals surface area contributed by atoms with Crippen molar-refractivity contribution < 1.29 is 17.6 Å². The fourth-order valence-electron chi connectivity index (χ4n) is 2.66. The van der Waals surface area contributed by atoms with E-state index >= 15 is 0 Å². The topological polar surface area (TPSA) is 26.0 Å². The van der Waals surface area contributed by atoms with Gasteiger partial charge in [-0.05, 0) is 42.9 Å². The van der Waals surface area contributed by atoms with Gasteiger partial charge in [-0.1, -0.05) is 0 Å². The molecule has 1 nitrogen and oxygen atoms in total. The van der Waals surface area contributed by atoms with Gasteiger partial charge in [0.1, 0.15) is 11.6 Å². The molecule has 1 aromatic carbocycles. The van der Waals surface area contributed by atoms with Crippen LogP contribution in [0.25, 0.3) is 0 Å². The van der Waals surface area contributed by atoms with Crippen LogP contribution in [0.4, 0.5) is 17.6 Å². The minimum absolute atomic E-state index is 0.00838. The number of rotatable bonds is 3. The van der Waals surface area contributed by atoms with Gasteiger partial charge in [0.25, 0.3) is 0 Å². The molecule has 1 unspecified atom stereocenters.